The number of hydrogen-bond donors (Lipinski definition) is 2. The van der Waals surface area contributed by atoms with Gasteiger partial charge in [0.25, 0.3) is 0 Å². The molecule has 1 saturated heterocycles. The Morgan fingerprint density at radius 3 is 2.95 bits per heavy atom. The smallest absolute Gasteiger partial charge is 0.172 e. The van der Waals surface area contributed by atoms with Gasteiger partial charge in [0, 0.05) is 30.9 Å². The first-order chi connectivity index (χ1) is 9.67. The van der Waals surface area contributed by atoms with Crippen molar-refractivity contribution in [3.05, 3.63) is 29.8 Å². The predicted molar refractivity (Wildman–Crippen MR) is 82.5 cm³/mol. The van der Waals surface area contributed by atoms with E-state index in [1.54, 1.807) is 0 Å². The molecule has 1 fully saturated rings. The Kier molecular flexibility index (Phi) is 4.84. The summed E-state index contributed by atoms with van der Waals surface area (Å²) in [6.45, 7) is 5.46. The number of hydrogen-bond acceptors (Lipinski definition) is 4. The van der Waals surface area contributed by atoms with Gasteiger partial charge < -0.3 is 15.8 Å². The zero-order valence-corrected chi connectivity index (χ0v) is 12.3. The van der Waals surface area contributed by atoms with Gasteiger partial charge in [0.05, 0.1) is 0 Å². The van der Waals surface area contributed by atoms with Crippen molar-refractivity contribution >= 4 is 11.5 Å². The maximum Gasteiger partial charge on any atom is 0.172 e. The molecule has 1 aromatic carbocycles. The average molecular weight is 276 g/mol. The van der Waals surface area contributed by atoms with Crippen molar-refractivity contribution < 1.29 is 5.21 Å². The van der Waals surface area contributed by atoms with Gasteiger partial charge in [-0.05, 0) is 38.1 Å². The van der Waals surface area contributed by atoms with Crippen LogP contribution in [0.5, 0.6) is 0 Å². The van der Waals surface area contributed by atoms with E-state index in [0.29, 0.717) is 6.04 Å². The minimum absolute atomic E-state index is 0.159. The first-order valence-electron chi connectivity index (χ1n) is 7.19. The van der Waals surface area contributed by atoms with Crippen LogP contribution in [0.3, 0.4) is 0 Å². The molecule has 5 heteroatoms. The fourth-order valence-electron chi connectivity index (χ4n) is 3.01. The van der Waals surface area contributed by atoms with Crippen molar-refractivity contribution in [1.82, 2.24) is 4.90 Å². The number of para-hydroxylation sites is 1. The van der Waals surface area contributed by atoms with Crippen molar-refractivity contribution in [2.75, 3.05) is 31.6 Å². The normalized spacial score (nSPS) is 20.3. The van der Waals surface area contributed by atoms with Gasteiger partial charge in [-0.1, -0.05) is 24.2 Å². The summed E-state index contributed by atoms with van der Waals surface area (Å²) in [5.41, 5.74) is 7.54. The van der Waals surface area contributed by atoms with Crippen molar-refractivity contribution in [3.63, 3.8) is 0 Å². The molecule has 1 aliphatic heterocycles. The van der Waals surface area contributed by atoms with Crippen LogP contribution in [0.25, 0.3) is 0 Å². The van der Waals surface area contributed by atoms with Gasteiger partial charge in [0.1, 0.15) is 0 Å². The lowest BCUT2D eigenvalue weighted by atomic mass is 10.1. The Labute approximate surface area is 120 Å². The predicted octanol–water partition coefficient (Wildman–Crippen LogP) is 1.70. The molecule has 0 bridgehead atoms. The van der Waals surface area contributed by atoms with Gasteiger partial charge in [-0.25, -0.2) is 0 Å². The number of rotatable bonds is 5. The summed E-state index contributed by atoms with van der Waals surface area (Å²) in [5, 5.41) is 12.0. The number of anilines is 1. The van der Waals surface area contributed by atoms with Gasteiger partial charge in [-0.2, -0.15) is 0 Å². The maximum atomic E-state index is 8.89. The summed E-state index contributed by atoms with van der Waals surface area (Å²) >= 11 is 0. The number of nitrogens with zero attached hydrogens (tertiary/aromatic N) is 3. The monoisotopic (exact) mass is 276 g/mol. The SMILES string of the molecule is CCN1CCCC1CN(C)c1ccccc1C(N)=NO. The zero-order chi connectivity index (χ0) is 14.5. The fourth-order valence-corrected chi connectivity index (χ4v) is 3.01. The molecule has 0 amide bonds. The second-order valence-corrected chi connectivity index (χ2v) is 5.31. The van der Waals surface area contributed by atoms with Crippen LogP contribution in [0.15, 0.2) is 29.4 Å². The summed E-state index contributed by atoms with van der Waals surface area (Å²) in [6.07, 6.45) is 2.51. The van der Waals surface area contributed by atoms with E-state index < -0.39 is 0 Å². The molecule has 0 aromatic heterocycles. The van der Waals surface area contributed by atoms with Crippen LogP contribution >= 0.6 is 0 Å². The maximum absolute atomic E-state index is 8.89. The van der Waals surface area contributed by atoms with Gasteiger partial charge in [-0.3, -0.25) is 4.90 Å². The van der Waals surface area contributed by atoms with Crippen LogP contribution in [0.1, 0.15) is 25.3 Å². The third-order valence-corrected chi connectivity index (χ3v) is 4.09. The van der Waals surface area contributed by atoms with Crippen LogP contribution < -0.4 is 10.6 Å². The van der Waals surface area contributed by atoms with Gasteiger partial charge in [-0.15, -0.1) is 0 Å². The second kappa shape index (κ2) is 6.61. The van der Waals surface area contributed by atoms with Crippen molar-refractivity contribution in [1.29, 1.82) is 0 Å². The molecule has 0 aliphatic carbocycles. The van der Waals surface area contributed by atoms with Crippen molar-refractivity contribution in [2.45, 2.75) is 25.8 Å². The summed E-state index contributed by atoms with van der Waals surface area (Å²) in [7, 11) is 2.07. The number of oxime groups is 1. The van der Waals surface area contributed by atoms with Crippen molar-refractivity contribution in [2.24, 2.45) is 10.9 Å². The van der Waals surface area contributed by atoms with Crippen LogP contribution in [-0.2, 0) is 0 Å². The summed E-state index contributed by atoms with van der Waals surface area (Å²) in [5.74, 6) is 0.159. The molecule has 1 aliphatic rings. The highest BCUT2D eigenvalue weighted by molar-refractivity contribution is 6.02. The van der Waals surface area contributed by atoms with Crippen LogP contribution in [0.4, 0.5) is 5.69 Å². The lowest BCUT2D eigenvalue weighted by molar-refractivity contribution is 0.270. The summed E-state index contributed by atoms with van der Waals surface area (Å²) < 4.78 is 0. The molecule has 0 radical (unpaired) electrons. The minimum atomic E-state index is 0.159. The number of benzene rings is 1. The zero-order valence-electron chi connectivity index (χ0n) is 12.3. The number of amidine groups is 1. The molecule has 3 N–H and O–H groups in total. The van der Waals surface area contributed by atoms with Crippen LogP contribution in [0, 0.1) is 0 Å². The Morgan fingerprint density at radius 1 is 1.50 bits per heavy atom. The first-order valence-corrected chi connectivity index (χ1v) is 7.19. The molecule has 0 spiro atoms. The van der Waals surface area contributed by atoms with Gasteiger partial charge >= 0.3 is 0 Å². The highest BCUT2D eigenvalue weighted by Crippen LogP contribution is 2.23. The van der Waals surface area contributed by atoms with Crippen molar-refractivity contribution in [3.8, 4) is 0 Å². The van der Waals surface area contributed by atoms with Crippen LogP contribution in [-0.4, -0.2) is 48.7 Å². The fraction of sp³-hybridized carbons (Fsp3) is 0.533. The van der Waals surface area contributed by atoms with E-state index in [1.807, 2.05) is 24.3 Å². The van der Waals surface area contributed by atoms with E-state index in [9.17, 15) is 0 Å². The number of likely N-dealkylation sites (N-methyl/N-ethyl adjacent to an activating group) is 2. The molecule has 5 nitrogen and oxygen atoms in total. The molecule has 2 rings (SSSR count). The van der Waals surface area contributed by atoms with Gasteiger partial charge in [0.2, 0.25) is 0 Å². The Hall–Kier alpha value is -1.75. The molecule has 0 saturated carbocycles. The third-order valence-electron chi connectivity index (χ3n) is 4.09. The van der Waals surface area contributed by atoms with E-state index in [-0.39, 0.29) is 5.84 Å². The van der Waals surface area contributed by atoms with Gasteiger partial charge in [0.15, 0.2) is 5.84 Å². The molecule has 20 heavy (non-hydrogen) atoms. The lowest BCUT2D eigenvalue weighted by Crippen LogP contribution is -2.39. The Bertz CT molecular complexity index is 475. The molecule has 110 valence electrons. The highest BCUT2D eigenvalue weighted by Gasteiger charge is 2.24. The first kappa shape index (κ1) is 14.7. The minimum Gasteiger partial charge on any atom is -0.409 e. The molecule has 1 atom stereocenters. The summed E-state index contributed by atoms with van der Waals surface area (Å²) in [4.78, 5) is 4.72. The summed E-state index contributed by atoms with van der Waals surface area (Å²) in [6, 6.07) is 8.36. The van der Waals surface area contributed by atoms with Crippen LogP contribution in [0.2, 0.25) is 0 Å². The van der Waals surface area contributed by atoms with E-state index in [4.69, 9.17) is 10.9 Å². The number of nitrogens with two attached hydrogens (primary N) is 1. The lowest BCUT2D eigenvalue weighted by Gasteiger charge is -2.30. The molecular formula is C15H24N4O. The third kappa shape index (κ3) is 3.04. The average Bonchev–Trinajstić information content (AvgIpc) is 2.93. The quantitative estimate of drug-likeness (QED) is 0.372. The highest BCUT2D eigenvalue weighted by atomic mass is 16.4. The molecule has 1 aromatic rings. The molecule has 1 heterocycles. The van der Waals surface area contributed by atoms with E-state index in [1.165, 1.54) is 19.4 Å². The Balaban J connectivity index is 2.15. The topological polar surface area (TPSA) is 65.1 Å². The Morgan fingerprint density at radius 2 is 2.25 bits per heavy atom. The number of likely N-dealkylation sites (tertiary alicyclic amines) is 1. The second-order valence-electron chi connectivity index (χ2n) is 5.31. The molecule has 1 unspecified atom stereocenters. The largest absolute Gasteiger partial charge is 0.409 e. The molecular weight excluding hydrogens is 252 g/mol. The van der Waals surface area contributed by atoms with E-state index in [0.717, 1.165) is 24.3 Å². The van der Waals surface area contributed by atoms with E-state index in [2.05, 4.69) is 28.9 Å². The van der Waals surface area contributed by atoms with E-state index >= 15 is 0 Å². The standard InChI is InChI=1S/C15H24N4O/c1-3-19-10-6-7-12(19)11-18(2)14-9-5-4-8-13(14)15(16)17-20/h4-5,8-9,12,20H,3,6-7,10-11H2,1-2H3,(H2,16,17).